The lowest BCUT2D eigenvalue weighted by Crippen LogP contribution is -2.58. The van der Waals surface area contributed by atoms with Crippen molar-refractivity contribution in [1.29, 1.82) is 0 Å². The molecule has 212 valence electrons. The minimum Gasteiger partial charge on any atom is -0.394 e. The van der Waals surface area contributed by atoms with Gasteiger partial charge in [0.1, 0.15) is 6.04 Å². The van der Waals surface area contributed by atoms with Gasteiger partial charge in [0.05, 0.1) is 39.9 Å². The first-order chi connectivity index (χ1) is 18.7. The van der Waals surface area contributed by atoms with Gasteiger partial charge >= 0.3 is 0 Å². The van der Waals surface area contributed by atoms with E-state index in [1.54, 1.807) is 56.8 Å². The van der Waals surface area contributed by atoms with Crippen molar-refractivity contribution in [1.82, 2.24) is 9.80 Å². The quantitative estimate of drug-likeness (QED) is 0.375. The first kappa shape index (κ1) is 29.7. The third-order valence-corrected chi connectivity index (χ3v) is 10.7. The molecule has 3 amide bonds. The van der Waals surface area contributed by atoms with Crippen molar-refractivity contribution >= 4 is 46.8 Å². The fourth-order valence-corrected chi connectivity index (χ4v) is 9.24. The maximum Gasteiger partial charge on any atom is 0.251 e. The van der Waals surface area contributed by atoms with E-state index in [-0.39, 0.29) is 42.0 Å². The van der Waals surface area contributed by atoms with E-state index < -0.39 is 28.7 Å². The number of aliphatic hydroxyl groups excluding tert-OH is 1. The standard InChI is InChI=1S/C30H40ClN3O4S/c1-6-15-32(16-7-2)27(36)24-23-13-14-30(39-23)25(24)28(37)34(22(18-35)19(4)5)26(30)29(38)33(17-8-3)21-12-10-9-11-20(21)31/h6,8-12,19,22-26,35H,1,3,7,13-18H2,2,4-5H3/t22-,23-,24+,25-,26?,30?/m0/s1. The van der Waals surface area contributed by atoms with Crippen molar-refractivity contribution in [2.45, 2.75) is 62.1 Å². The van der Waals surface area contributed by atoms with Crippen LogP contribution in [0.4, 0.5) is 5.69 Å². The maximum absolute atomic E-state index is 14.6. The average Bonchev–Trinajstić information content (AvgIpc) is 3.55. The van der Waals surface area contributed by atoms with Gasteiger partial charge in [0, 0.05) is 24.9 Å². The molecule has 3 aliphatic heterocycles. The maximum atomic E-state index is 14.6. The van der Waals surface area contributed by atoms with Gasteiger partial charge < -0.3 is 19.8 Å². The van der Waals surface area contributed by atoms with Crippen LogP contribution in [0.1, 0.15) is 40.0 Å². The largest absolute Gasteiger partial charge is 0.394 e. The number of carbonyl (C=O) groups is 3. The molecule has 0 saturated carbocycles. The highest BCUT2D eigenvalue weighted by molar-refractivity contribution is 8.02. The molecule has 1 aromatic carbocycles. The lowest BCUT2D eigenvalue weighted by molar-refractivity contribution is -0.146. The van der Waals surface area contributed by atoms with Gasteiger partial charge in [0.25, 0.3) is 5.91 Å². The van der Waals surface area contributed by atoms with Gasteiger partial charge in [-0.1, -0.05) is 56.7 Å². The van der Waals surface area contributed by atoms with Crippen molar-refractivity contribution in [3.63, 3.8) is 0 Å². The van der Waals surface area contributed by atoms with Crippen molar-refractivity contribution in [3.8, 4) is 0 Å². The summed E-state index contributed by atoms with van der Waals surface area (Å²) in [7, 11) is 0. The second-order valence-electron chi connectivity index (χ2n) is 11.1. The molecule has 7 nitrogen and oxygen atoms in total. The number of amides is 3. The van der Waals surface area contributed by atoms with Gasteiger partial charge in [-0.15, -0.1) is 24.9 Å². The Kier molecular flexibility index (Phi) is 9.19. The first-order valence-corrected chi connectivity index (χ1v) is 15.1. The third kappa shape index (κ3) is 4.93. The van der Waals surface area contributed by atoms with Gasteiger partial charge in [0.15, 0.2) is 0 Å². The van der Waals surface area contributed by atoms with Crippen LogP contribution in [-0.2, 0) is 14.4 Å². The number of hydrogen-bond donors (Lipinski definition) is 1. The highest BCUT2D eigenvalue weighted by Crippen LogP contribution is 2.67. The highest BCUT2D eigenvalue weighted by atomic mass is 35.5. The molecule has 2 unspecified atom stereocenters. The van der Waals surface area contributed by atoms with Crippen LogP contribution in [0.5, 0.6) is 0 Å². The number of carbonyl (C=O) groups excluding carboxylic acids is 3. The number of thioether (sulfide) groups is 1. The molecule has 3 aliphatic rings. The van der Waals surface area contributed by atoms with E-state index in [0.717, 1.165) is 12.8 Å². The summed E-state index contributed by atoms with van der Waals surface area (Å²) in [6.07, 6.45) is 5.58. The molecule has 9 heteroatoms. The number of benzene rings is 1. The zero-order valence-corrected chi connectivity index (χ0v) is 24.7. The van der Waals surface area contributed by atoms with Crippen LogP contribution in [-0.4, -0.2) is 80.9 Å². The van der Waals surface area contributed by atoms with Gasteiger partial charge in [-0.05, 0) is 37.3 Å². The summed E-state index contributed by atoms with van der Waals surface area (Å²) in [5.41, 5.74) is 0.548. The number of hydrogen-bond acceptors (Lipinski definition) is 5. The molecule has 3 heterocycles. The molecule has 3 fully saturated rings. The molecule has 0 aliphatic carbocycles. The van der Waals surface area contributed by atoms with Gasteiger partial charge in [-0.2, -0.15) is 0 Å². The molecule has 1 N–H and O–H groups in total. The van der Waals surface area contributed by atoms with Crippen molar-refractivity contribution in [2.24, 2.45) is 17.8 Å². The zero-order valence-electron chi connectivity index (χ0n) is 23.1. The Morgan fingerprint density at radius 1 is 1.23 bits per heavy atom. The SMILES string of the molecule is C=CCN(CCC)C(=O)[C@@H]1[C@@H]2CCC3(S2)C(C(=O)N(CC=C)c2ccccc2Cl)N([C@@H](CO)C(C)C)C(=O)[C@H]13. The second-order valence-corrected chi connectivity index (χ2v) is 13.1. The number of nitrogens with zero attached hydrogens (tertiary/aromatic N) is 3. The molecular formula is C30H40ClN3O4S. The van der Waals surface area contributed by atoms with Crippen LogP contribution in [0.3, 0.4) is 0 Å². The fourth-order valence-electron chi connectivity index (χ4n) is 6.81. The highest BCUT2D eigenvalue weighted by Gasteiger charge is 2.74. The Morgan fingerprint density at radius 3 is 2.51 bits per heavy atom. The monoisotopic (exact) mass is 573 g/mol. The molecule has 39 heavy (non-hydrogen) atoms. The van der Waals surface area contributed by atoms with E-state index in [0.29, 0.717) is 30.2 Å². The molecule has 4 rings (SSSR count). The Morgan fingerprint density at radius 2 is 1.92 bits per heavy atom. The number of anilines is 1. The van der Waals surface area contributed by atoms with E-state index in [4.69, 9.17) is 11.6 Å². The van der Waals surface area contributed by atoms with E-state index in [2.05, 4.69) is 13.2 Å². The topological polar surface area (TPSA) is 81.2 Å². The summed E-state index contributed by atoms with van der Waals surface area (Å²) in [6.45, 7) is 14.5. The summed E-state index contributed by atoms with van der Waals surface area (Å²) in [6, 6.07) is 5.75. The molecule has 6 atom stereocenters. The fraction of sp³-hybridized carbons (Fsp3) is 0.567. The summed E-state index contributed by atoms with van der Waals surface area (Å²) < 4.78 is -0.756. The number of halogens is 1. The summed E-state index contributed by atoms with van der Waals surface area (Å²) in [5.74, 6) is -1.73. The van der Waals surface area contributed by atoms with Crippen LogP contribution in [0.25, 0.3) is 0 Å². The van der Waals surface area contributed by atoms with E-state index in [1.807, 2.05) is 26.8 Å². The molecular weight excluding hydrogens is 534 g/mol. The van der Waals surface area contributed by atoms with Crippen molar-refractivity contribution < 1.29 is 19.5 Å². The van der Waals surface area contributed by atoms with Crippen LogP contribution >= 0.6 is 23.4 Å². The number of para-hydroxylation sites is 1. The van der Waals surface area contributed by atoms with Crippen LogP contribution in [0.2, 0.25) is 5.02 Å². The van der Waals surface area contributed by atoms with Gasteiger partial charge in [-0.3, -0.25) is 14.4 Å². The summed E-state index contributed by atoms with van der Waals surface area (Å²) in [4.78, 5) is 48.1. The Bertz CT molecular complexity index is 1130. The predicted octanol–water partition coefficient (Wildman–Crippen LogP) is 4.39. The lowest BCUT2D eigenvalue weighted by atomic mass is 9.70. The molecule has 0 radical (unpaired) electrons. The average molecular weight is 574 g/mol. The minimum absolute atomic E-state index is 0.0344. The zero-order chi connectivity index (χ0) is 28.5. The van der Waals surface area contributed by atoms with Gasteiger partial charge in [-0.25, -0.2) is 0 Å². The molecule has 2 bridgehead atoms. The van der Waals surface area contributed by atoms with Gasteiger partial charge in [0.2, 0.25) is 11.8 Å². The predicted molar refractivity (Wildman–Crippen MR) is 158 cm³/mol. The third-order valence-electron chi connectivity index (χ3n) is 8.45. The first-order valence-electron chi connectivity index (χ1n) is 13.9. The summed E-state index contributed by atoms with van der Waals surface area (Å²) >= 11 is 8.18. The minimum atomic E-state index is -0.836. The van der Waals surface area contributed by atoms with Crippen LogP contribution in [0, 0.1) is 17.8 Å². The molecule has 1 spiro atoms. The summed E-state index contributed by atoms with van der Waals surface area (Å²) in [5, 5.41) is 10.9. The smallest absolute Gasteiger partial charge is 0.251 e. The lowest BCUT2D eigenvalue weighted by Gasteiger charge is -2.40. The Hall–Kier alpha value is -2.29. The number of likely N-dealkylation sites (tertiary alicyclic amines) is 1. The second kappa shape index (κ2) is 12.1. The van der Waals surface area contributed by atoms with E-state index in [9.17, 15) is 19.5 Å². The Balaban J connectivity index is 1.83. The number of aliphatic hydroxyl groups is 1. The van der Waals surface area contributed by atoms with Crippen LogP contribution in [0.15, 0.2) is 49.6 Å². The molecule has 1 aromatic rings. The molecule has 3 saturated heterocycles. The normalized spacial score (nSPS) is 27.9. The number of fused-ring (bicyclic) bond motifs is 1. The Labute approximate surface area is 241 Å². The van der Waals surface area contributed by atoms with E-state index >= 15 is 0 Å². The van der Waals surface area contributed by atoms with Crippen molar-refractivity contribution in [3.05, 3.63) is 54.6 Å². The van der Waals surface area contributed by atoms with Crippen LogP contribution < -0.4 is 4.90 Å². The number of rotatable bonds is 12. The van der Waals surface area contributed by atoms with Crippen molar-refractivity contribution in [2.75, 3.05) is 31.1 Å². The van der Waals surface area contributed by atoms with E-state index in [1.165, 1.54) is 0 Å². The molecule has 0 aromatic heterocycles.